The first-order chi connectivity index (χ1) is 14.3. The van der Waals surface area contributed by atoms with Gasteiger partial charge in [0.05, 0.1) is 10.6 Å². The number of anilines is 1. The maximum absolute atomic E-state index is 13.4. The van der Waals surface area contributed by atoms with Crippen molar-refractivity contribution in [1.29, 1.82) is 0 Å². The highest BCUT2D eigenvalue weighted by atomic mass is 32.2. The molecule has 0 atom stereocenters. The minimum Gasteiger partial charge on any atom is -0.357 e. The molecule has 2 aromatic rings. The fourth-order valence-electron chi connectivity index (χ4n) is 2.91. The van der Waals surface area contributed by atoms with Crippen LogP contribution in [0, 0.1) is 11.6 Å². The summed E-state index contributed by atoms with van der Waals surface area (Å²) in [5.74, 6) is -2.24. The zero-order valence-corrected chi connectivity index (χ0v) is 18.2. The Kier molecular flexibility index (Phi) is 6.23. The first-order valence-electron chi connectivity index (χ1n) is 9.29. The molecule has 0 radical (unpaired) electrons. The van der Waals surface area contributed by atoms with E-state index in [-0.39, 0.29) is 42.7 Å². The van der Waals surface area contributed by atoms with Crippen molar-refractivity contribution in [3.8, 4) is 0 Å². The van der Waals surface area contributed by atoms with E-state index < -0.39 is 21.7 Å². The van der Waals surface area contributed by atoms with E-state index in [1.165, 1.54) is 27.4 Å². The van der Waals surface area contributed by atoms with Gasteiger partial charge in [-0.15, -0.1) is 10.2 Å². The summed E-state index contributed by atoms with van der Waals surface area (Å²) in [7, 11) is -3.95. The first-order valence-corrected chi connectivity index (χ1v) is 12.5. The smallest absolute Gasteiger partial charge is 0.243 e. The molecular weight excluding hydrogens is 456 g/mol. The minimum absolute atomic E-state index is 0.0893. The third-order valence-electron chi connectivity index (χ3n) is 4.75. The zero-order valence-electron chi connectivity index (χ0n) is 15.8. The third-order valence-corrected chi connectivity index (χ3v) is 8.62. The standard InChI is InChI=1S/C17H19F2N5O3S3/c18-13-4-3-12(9-14(13)19)30(26,27)24-7-5-23(6-8-24)15(25)10-28-17-22-21-16(29-17)20-11-1-2-11/h3-4,9,11H,1-2,5-8,10H2,(H,20,21). The van der Waals surface area contributed by atoms with Gasteiger partial charge >= 0.3 is 0 Å². The van der Waals surface area contributed by atoms with E-state index in [1.807, 2.05) is 0 Å². The van der Waals surface area contributed by atoms with Crippen LogP contribution in [0.1, 0.15) is 12.8 Å². The average Bonchev–Trinajstić information content (AvgIpc) is 3.44. The molecule has 2 heterocycles. The fraction of sp³-hybridized carbons (Fsp3) is 0.471. The van der Waals surface area contributed by atoms with Gasteiger partial charge in [0.15, 0.2) is 16.0 Å². The summed E-state index contributed by atoms with van der Waals surface area (Å²) in [6, 6.07) is 2.98. The predicted molar refractivity (Wildman–Crippen MR) is 109 cm³/mol. The second kappa shape index (κ2) is 8.73. The molecule has 1 N–H and O–H groups in total. The Hall–Kier alpha value is -1.83. The largest absolute Gasteiger partial charge is 0.357 e. The molecule has 1 amide bonds. The van der Waals surface area contributed by atoms with Gasteiger partial charge in [-0.05, 0) is 31.0 Å². The number of thioether (sulfide) groups is 1. The fourth-order valence-corrected chi connectivity index (χ4v) is 6.07. The molecule has 2 aliphatic rings. The number of halogens is 2. The lowest BCUT2D eigenvalue weighted by Crippen LogP contribution is -2.51. The lowest BCUT2D eigenvalue weighted by atomic mass is 10.3. The maximum atomic E-state index is 13.4. The molecule has 1 saturated carbocycles. The second-order valence-corrected chi connectivity index (χ2v) is 11.1. The van der Waals surface area contributed by atoms with Crippen molar-refractivity contribution in [2.24, 2.45) is 0 Å². The number of nitrogens with zero attached hydrogens (tertiary/aromatic N) is 4. The summed E-state index contributed by atoms with van der Waals surface area (Å²) in [5, 5.41) is 12.1. The quantitative estimate of drug-likeness (QED) is 0.612. The summed E-state index contributed by atoms with van der Waals surface area (Å²) in [6.07, 6.45) is 2.27. The molecule has 1 aliphatic heterocycles. The van der Waals surface area contributed by atoms with Crippen molar-refractivity contribution >= 4 is 44.2 Å². The van der Waals surface area contributed by atoms with Crippen molar-refractivity contribution in [2.75, 3.05) is 37.2 Å². The van der Waals surface area contributed by atoms with Crippen LogP contribution in [0.25, 0.3) is 0 Å². The zero-order chi connectivity index (χ0) is 21.3. The van der Waals surface area contributed by atoms with Crippen molar-refractivity contribution in [3.63, 3.8) is 0 Å². The van der Waals surface area contributed by atoms with E-state index >= 15 is 0 Å². The van der Waals surface area contributed by atoms with Crippen molar-refractivity contribution < 1.29 is 22.0 Å². The van der Waals surface area contributed by atoms with Gasteiger partial charge in [-0.2, -0.15) is 4.31 Å². The topological polar surface area (TPSA) is 95.5 Å². The van der Waals surface area contributed by atoms with Crippen LogP contribution in [0.4, 0.5) is 13.9 Å². The van der Waals surface area contributed by atoms with Gasteiger partial charge in [0.2, 0.25) is 21.1 Å². The Morgan fingerprint density at radius 1 is 1.17 bits per heavy atom. The molecule has 4 rings (SSSR count). The molecule has 1 aromatic carbocycles. The van der Waals surface area contributed by atoms with Crippen LogP contribution in [0.15, 0.2) is 27.4 Å². The SMILES string of the molecule is O=C(CSc1nnc(NC2CC2)s1)N1CCN(S(=O)(=O)c2ccc(F)c(F)c2)CC1. The van der Waals surface area contributed by atoms with Gasteiger partial charge in [-0.1, -0.05) is 23.1 Å². The summed E-state index contributed by atoms with van der Waals surface area (Å²) in [4.78, 5) is 13.8. The predicted octanol–water partition coefficient (Wildman–Crippen LogP) is 2.02. The van der Waals surface area contributed by atoms with Gasteiger partial charge in [-0.25, -0.2) is 17.2 Å². The minimum atomic E-state index is -3.95. The number of rotatable bonds is 7. The number of benzene rings is 1. The van der Waals surface area contributed by atoms with Crippen LogP contribution in [0.3, 0.4) is 0 Å². The van der Waals surface area contributed by atoms with Crippen molar-refractivity contribution in [3.05, 3.63) is 29.8 Å². The number of hydrogen-bond acceptors (Lipinski definition) is 8. The number of nitrogens with one attached hydrogen (secondary N) is 1. The highest BCUT2D eigenvalue weighted by Gasteiger charge is 2.31. The normalized spacial score (nSPS) is 17.9. The van der Waals surface area contributed by atoms with Gasteiger partial charge in [0, 0.05) is 32.2 Å². The number of amides is 1. The monoisotopic (exact) mass is 475 g/mol. The summed E-state index contributed by atoms with van der Waals surface area (Å²) in [5.41, 5.74) is 0. The highest BCUT2D eigenvalue weighted by Crippen LogP contribution is 2.30. The maximum Gasteiger partial charge on any atom is 0.243 e. The molecule has 1 aliphatic carbocycles. The molecule has 13 heteroatoms. The van der Waals surface area contributed by atoms with E-state index in [0.29, 0.717) is 16.4 Å². The first kappa shape index (κ1) is 21.4. The second-order valence-electron chi connectivity index (χ2n) is 6.94. The third kappa shape index (κ3) is 4.90. The Labute approximate surface area is 180 Å². The molecule has 1 saturated heterocycles. The molecule has 0 unspecified atom stereocenters. The number of aromatic nitrogens is 2. The lowest BCUT2D eigenvalue weighted by Gasteiger charge is -2.34. The Morgan fingerprint density at radius 3 is 2.57 bits per heavy atom. The number of carbonyl (C=O) groups excluding carboxylic acids is 1. The Bertz CT molecular complexity index is 1040. The number of hydrogen-bond donors (Lipinski definition) is 1. The van der Waals surface area contributed by atoms with Gasteiger partial charge < -0.3 is 10.2 Å². The summed E-state index contributed by atoms with van der Waals surface area (Å²) in [6.45, 7) is 0.637. The molecule has 0 spiro atoms. The van der Waals surface area contributed by atoms with Crippen LogP contribution in [-0.2, 0) is 14.8 Å². The molecule has 0 bridgehead atoms. The molecule has 1 aromatic heterocycles. The number of carbonyl (C=O) groups is 1. The molecule has 162 valence electrons. The van der Waals surface area contributed by atoms with E-state index in [4.69, 9.17) is 0 Å². The highest BCUT2D eigenvalue weighted by molar-refractivity contribution is 8.01. The van der Waals surface area contributed by atoms with Crippen LogP contribution < -0.4 is 5.32 Å². The number of piperazine rings is 1. The van der Waals surface area contributed by atoms with Gasteiger partial charge in [0.25, 0.3) is 0 Å². The molecule has 8 nitrogen and oxygen atoms in total. The van der Waals surface area contributed by atoms with E-state index in [9.17, 15) is 22.0 Å². The van der Waals surface area contributed by atoms with E-state index in [0.717, 1.165) is 30.1 Å². The molecule has 30 heavy (non-hydrogen) atoms. The van der Waals surface area contributed by atoms with Gasteiger partial charge in [0.1, 0.15) is 0 Å². The van der Waals surface area contributed by atoms with E-state index in [1.54, 1.807) is 4.90 Å². The van der Waals surface area contributed by atoms with E-state index in [2.05, 4.69) is 15.5 Å². The van der Waals surface area contributed by atoms with Crippen LogP contribution in [0.2, 0.25) is 0 Å². The van der Waals surface area contributed by atoms with Crippen LogP contribution in [-0.4, -0.2) is 71.7 Å². The summed E-state index contributed by atoms with van der Waals surface area (Å²) < 4.78 is 53.6. The Balaban J connectivity index is 1.28. The van der Waals surface area contributed by atoms with Crippen molar-refractivity contribution in [2.45, 2.75) is 28.1 Å². The molecular formula is C17H19F2N5O3S3. The number of sulfonamides is 1. The van der Waals surface area contributed by atoms with Crippen LogP contribution in [0.5, 0.6) is 0 Å². The molecule has 2 fully saturated rings. The Morgan fingerprint density at radius 2 is 1.90 bits per heavy atom. The lowest BCUT2D eigenvalue weighted by molar-refractivity contribution is -0.129. The summed E-state index contributed by atoms with van der Waals surface area (Å²) >= 11 is 2.71. The van der Waals surface area contributed by atoms with Gasteiger partial charge in [-0.3, -0.25) is 4.79 Å². The average molecular weight is 476 g/mol. The van der Waals surface area contributed by atoms with Crippen molar-refractivity contribution in [1.82, 2.24) is 19.4 Å². The van der Waals surface area contributed by atoms with Crippen LogP contribution >= 0.6 is 23.1 Å².